The largest absolute Gasteiger partial charge is 0.351 e. The number of hydrogen-bond acceptors (Lipinski definition) is 5. The summed E-state index contributed by atoms with van der Waals surface area (Å²) in [6.45, 7) is 7.63. The van der Waals surface area contributed by atoms with E-state index in [-0.39, 0.29) is 11.7 Å². The number of carbonyl (C=O) groups is 1. The Bertz CT molecular complexity index is 972. The summed E-state index contributed by atoms with van der Waals surface area (Å²) in [7, 11) is -3.46. The van der Waals surface area contributed by atoms with Gasteiger partial charge in [-0.05, 0) is 55.8 Å². The molecule has 8 heteroatoms. The van der Waals surface area contributed by atoms with Crippen LogP contribution in [0.2, 0.25) is 0 Å². The molecule has 1 aromatic carbocycles. The van der Waals surface area contributed by atoms with E-state index in [4.69, 9.17) is 0 Å². The molecule has 30 heavy (non-hydrogen) atoms. The number of carbonyl (C=O) groups excluding carboxylic acids is 1. The van der Waals surface area contributed by atoms with Gasteiger partial charge in [-0.15, -0.1) is 11.3 Å². The number of fused-ring (bicyclic) bond motifs is 1. The van der Waals surface area contributed by atoms with Gasteiger partial charge in [0.2, 0.25) is 10.0 Å². The number of sulfonamides is 1. The van der Waals surface area contributed by atoms with E-state index >= 15 is 0 Å². The summed E-state index contributed by atoms with van der Waals surface area (Å²) in [6, 6.07) is 9.71. The van der Waals surface area contributed by atoms with Gasteiger partial charge >= 0.3 is 0 Å². The Hall–Kier alpha value is -1.90. The molecule has 2 heterocycles. The minimum absolute atomic E-state index is 0.0505. The number of nitrogens with zero attached hydrogens (tertiary/aromatic N) is 1. The molecular formula is C22H31N3O3S2. The molecule has 1 amide bonds. The molecule has 0 aliphatic carbocycles. The predicted molar refractivity (Wildman–Crippen MR) is 124 cm³/mol. The van der Waals surface area contributed by atoms with Crippen molar-refractivity contribution in [3.8, 4) is 0 Å². The lowest BCUT2D eigenvalue weighted by atomic mass is 9.97. The van der Waals surface area contributed by atoms with Crippen LogP contribution in [0.4, 0.5) is 5.69 Å². The summed E-state index contributed by atoms with van der Waals surface area (Å²) in [5.74, 6) is -0.215. The molecule has 0 spiro atoms. The summed E-state index contributed by atoms with van der Waals surface area (Å²) < 4.78 is 27.1. The van der Waals surface area contributed by atoms with Crippen molar-refractivity contribution in [1.82, 2.24) is 10.2 Å². The van der Waals surface area contributed by atoms with Gasteiger partial charge in [-0.3, -0.25) is 14.4 Å². The number of amides is 1. The predicted octanol–water partition coefficient (Wildman–Crippen LogP) is 4.03. The molecule has 2 atom stereocenters. The fourth-order valence-corrected chi connectivity index (χ4v) is 6.28. The van der Waals surface area contributed by atoms with E-state index < -0.39 is 10.0 Å². The molecular weight excluding hydrogens is 418 g/mol. The lowest BCUT2D eigenvalue weighted by molar-refractivity contribution is 0.0931. The van der Waals surface area contributed by atoms with Crippen LogP contribution in [0.5, 0.6) is 0 Å². The zero-order valence-corrected chi connectivity index (χ0v) is 19.5. The summed E-state index contributed by atoms with van der Waals surface area (Å²) in [5, 5.41) is 5.11. The molecule has 2 N–H and O–H groups in total. The summed E-state index contributed by atoms with van der Waals surface area (Å²) >= 11 is 1.79. The monoisotopic (exact) mass is 449 g/mol. The number of unbranched alkanes of at least 4 members (excludes halogenated alkanes) is 1. The Kier molecular flexibility index (Phi) is 7.55. The molecule has 0 radical (unpaired) electrons. The molecule has 0 bridgehead atoms. The molecule has 3 rings (SSSR count). The summed E-state index contributed by atoms with van der Waals surface area (Å²) in [4.78, 5) is 16.6. The van der Waals surface area contributed by atoms with Gasteiger partial charge in [0, 0.05) is 30.1 Å². The standard InChI is InChI=1S/C22H31N3O3S2/c1-4-5-14-30(27,28)24-20-9-7-6-8-19(20)22(26)23-11-12-25-16(2)15-18-10-13-29-21(18)17(25)3/h6-10,13,16-17,24H,4-5,11-12,14-15H2,1-3H3,(H,23,26)/t16-,17+/m1/s1. The van der Waals surface area contributed by atoms with Crippen molar-refractivity contribution < 1.29 is 13.2 Å². The third-order valence-electron chi connectivity index (χ3n) is 5.60. The molecule has 0 fully saturated rings. The minimum Gasteiger partial charge on any atom is -0.351 e. The quantitative estimate of drug-likeness (QED) is 0.606. The number of hydrogen-bond donors (Lipinski definition) is 2. The van der Waals surface area contributed by atoms with Crippen molar-refractivity contribution in [1.29, 1.82) is 0 Å². The number of para-hydroxylation sites is 1. The van der Waals surface area contributed by atoms with Crippen molar-refractivity contribution >= 4 is 33.0 Å². The highest BCUT2D eigenvalue weighted by Crippen LogP contribution is 2.35. The van der Waals surface area contributed by atoms with Crippen LogP contribution in [0.3, 0.4) is 0 Å². The molecule has 164 valence electrons. The van der Waals surface area contributed by atoms with E-state index in [0.29, 0.717) is 36.3 Å². The van der Waals surface area contributed by atoms with E-state index in [0.717, 1.165) is 19.4 Å². The zero-order chi connectivity index (χ0) is 21.7. The first-order valence-corrected chi connectivity index (χ1v) is 13.0. The van der Waals surface area contributed by atoms with Crippen LogP contribution in [0.1, 0.15) is 60.5 Å². The van der Waals surface area contributed by atoms with E-state index in [1.165, 1.54) is 10.4 Å². The first-order chi connectivity index (χ1) is 14.3. The first-order valence-electron chi connectivity index (χ1n) is 10.5. The molecule has 0 saturated heterocycles. The van der Waals surface area contributed by atoms with Gasteiger partial charge in [0.05, 0.1) is 17.0 Å². The Morgan fingerprint density at radius 3 is 2.77 bits per heavy atom. The van der Waals surface area contributed by atoms with Crippen molar-refractivity contribution in [2.45, 2.75) is 52.1 Å². The molecule has 0 unspecified atom stereocenters. The van der Waals surface area contributed by atoms with Crippen molar-refractivity contribution in [2.75, 3.05) is 23.6 Å². The van der Waals surface area contributed by atoms with Crippen LogP contribution < -0.4 is 10.0 Å². The SMILES string of the molecule is CCCCS(=O)(=O)Nc1ccccc1C(=O)NCCN1[C@H](C)Cc2ccsc2[C@@H]1C. The Labute approximate surface area is 183 Å². The van der Waals surface area contributed by atoms with Crippen LogP contribution in [-0.4, -0.2) is 44.1 Å². The lowest BCUT2D eigenvalue weighted by Crippen LogP contribution is -2.44. The normalized spacial score (nSPS) is 19.3. The number of rotatable bonds is 9. The van der Waals surface area contributed by atoms with Crippen molar-refractivity contribution in [3.05, 3.63) is 51.7 Å². The third-order valence-corrected chi connectivity index (χ3v) is 8.08. The maximum absolute atomic E-state index is 12.8. The third kappa shape index (κ3) is 5.42. The van der Waals surface area contributed by atoms with E-state index in [1.807, 2.05) is 6.92 Å². The molecule has 1 aromatic heterocycles. The number of anilines is 1. The van der Waals surface area contributed by atoms with Crippen molar-refractivity contribution in [3.63, 3.8) is 0 Å². The topological polar surface area (TPSA) is 78.5 Å². The molecule has 1 aliphatic heterocycles. The van der Waals surface area contributed by atoms with Gasteiger partial charge in [0.25, 0.3) is 5.91 Å². The highest BCUT2D eigenvalue weighted by atomic mass is 32.2. The van der Waals surface area contributed by atoms with Crippen molar-refractivity contribution in [2.24, 2.45) is 0 Å². The zero-order valence-electron chi connectivity index (χ0n) is 17.8. The molecule has 0 saturated carbocycles. The fraction of sp³-hybridized carbons (Fsp3) is 0.500. The lowest BCUT2D eigenvalue weighted by Gasteiger charge is -2.38. The summed E-state index contributed by atoms with van der Waals surface area (Å²) in [6.07, 6.45) is 2.41. The van der Waals surface area contributed by atoms with Gasteiger partial charge in [-0.25, -0.2) is 8.42 Å². The van der Waals surface area contributed by atoms with Crippen LogP contribution in [-0.2, 0) is 16.4 Å². The van der Waals surface area contributed by atoms with E-state index in [2.05, 4.69) is 40.2 Å². The van der Waals surface area contributed by atoms with Crippen LogP contribution in [0.25, 0.3) is 0 Å². The highest BCUT2D eigenvalue weighted by molar-refractivity contribution is 7.92. The summed E-state index contributed by atoms with van der Waals surface area (Å²) in [5.41, 5.74) is 2.11. The Balaban J connectivity index is 1.61. The van der Waals surface area contributed by atoms with Gasteiger partial charge in [-0.1, -0.05) is 25.5 Å². The highest BCUT2D eigenvalue weighted by Gasteiger charge is 2.29. The average Bonchev–Trinajstić information content (AvgIpc) is 3.17. The maximum Gasteiger partial charge on any atom is 0.253 e. The molecule has 2 aromatic rings. The second kappa shape index (κ2) is 9.94. The first kappa shape index (κ1) is 22.8. The minimum atomic E-state index is -3.46. The number of thiophene rings is 1. The second-order valence-electron chi connectivity index (χ2n) is 7.85. The fourth-order valence-electron chi connectivity index (χ4n) is 3.98. The van der Waals surface area contributed by atoms with Gasteiger partial charge in [0.15, 0.2) is 0 Å². The average molecular weight is 450 g/mol. The number of nitrogens with one attached hydrogen (secondary N) is 2. The van der Waals surface area contributed by atoms with Crippen LogP contribution in [0.15, 0.2) is 35.7 Å². The van der Waals surface area contributed by atoms with Gasteiger partial charge in [0.1, 0.15) is 0 Å². The van der Waals surface area contributed by atoms with Crippen LogP contribution in [0, 0.1) is 0 Å². The van der Waals surface area contributed by atoms with Gasteiger partial charge in [-0.2, -0.15) is 0 Å². The molecule has 6 nitrogen and oxygen atoms in total. The maximum atomic E-state index is 12.8. The van der Waals surface area contributed by atoms with E-state index in [9.17, 15) is 13.2 Å². The Morgan fingerprint density at radius 1 is 1.23 bits per heavy atom. The van der Waals surface area contributed by atoms with E-state index in [1.54, 1.807) is 35.6 Å². The second-order valence-corrected chi connectivity index (χ2v) is 10.6. The Morgan fingerprint density at radius 2 is 2.00 bits per heavy atom. The molecule has 1 aliphatic rings. The number of benzene rings is 1. The smallest absolute Gasteiger partial charge is 0.253 e. The van der Waals surface area contributed by atoms with Gasteiger partial charge < -0.3 is 5.32 Å². The van der Waals surface area contributed by atoms with Crippen LogP contribution >= 0.6 is 11.3 Å².